The molecule has 5 nitrogen and oxygen atoms in total. The molecule has 0 unspecified atom stereocenters. The molecule has 0 aliphatic carbocycles. The summed E-state index contributed by atoms with van der Waals surface area (Å²) in [5, 5.41) is 0.366. The van der Waals surface area contributed by atoms with Crippen molar-refractivity contribution in [3.05, 3.63) is 58.6 Å². The first-order valence-corrected chi connectivity index (χ1v) is 8.68. The number of anilines is 1. The zero-order valence-corrected chi connectivity index (χ0v) is 14.6. The summed E-state index contributed by atoms with van der Waals surface area (Å²) in [5.74, 6) is -0.287. The maximum absolute atomic E-state index is 12.5. The predicted molar refractivity (Wildman–Crippen MR) is 91.5 cm³/mol. The Morgan fingerprint density at radius 3 is 2.39 bits per heavy atom. The van der Waals surface area contributed by atoms with E-state index in [9.17, 15) is 13.2 Å². The van der Waals surface area contributed by atoms with Gasteiger partial charge in [-0.3, -0.25) is 9.52 Å². The van der Waals surface area contributed by atoms with Crippen LogP contribution in [0, 0.1) is 6.92 Å². The number of nitrogens with zero attached hydrogens (tertiary/aromatic N) is 1. The summed E-state index contributed by atoms with van der Waals surface area (Å²) in [4.78, 5) is 13.6. The zero-order chi connectivity index (χ0) is 17.2. The Labute approximate surface area is 140 Å². The summed E-state index contributed by atoms with van der Waals surface area (Å²) in [6.45, 7) is 1.79. The van der Waals surface area contributed by atoms with E-state index in [0.717, 1.165) is 5.56 Å². The van der Waals surface area contributed by atoms with Gasteiger partial charge in [-0.1, -0.05) is 29.8 Å². The van der Waals surface area contributed by atoms with E-state index in [1.807, 2.05) is 0 Å². The van der Waals surface area contributed by atoms with E-state index in [0.29, 0.717) is 5.02 Å². The Bertz CT molecular complexity index is 848. The number of sulfonamides is 1. The van der Waals surface area contributed by atoms with Crippen molar-refractivity contribution in [2.24, 2.45) is 0 Å². The van der Waals surface area contributed by atoms with Crippen LogP contribution in [-0.2, 0) is 10.0 Å². The molecular formula is C16H17ClN2O3S. The number of aryl methyl sites for hydroxylation is 1. The molecule has 0 aliphatic heterocycles. The highest BCUT2D eigenvalue weighted by Gasteiger charge is 2.19. The molecule has 2 rings (SSSR count). The topological polar surface area (TPSA) is 66.5 Å². The van der Waals surface area contributed by atoms with Crippen LogP contribution in [0.3, 0.4) is 0 Å². The van der Waals surface area contributed by atoms with E-state index in [4.69, 9.17) is 11.6 Å². The molecule has 1 N–H and O–H groups in total. The first-order chi connectivity index (χ1) is 10.7. The smallest absolute Gasteiger partial charge is 0.261 e. The Kier molecular flexibility index (Phi) is 4.97. The molecule has 122 valence electrons. The Morgan fingerprint density at radius 2 is 1.78 bits per heavy atom. The Morgan fingerprint density at radius 1 is 1.13 bits per heavy atom. The van der Waals surface area contributed by atoms with Crippen molar-refractivity contribution in [3.63, 3.8) is 0 Å². The minimum atomic E-state index is -3.84. The molecule has 0 atom stereocenters. The molecule has 0 spiro atoms. The first kappa shape index (κ1) is 17.3. The summed E-state index contributed by atoms with van der Waals surface area (Å²) >= 11 is 5.99. The van der Waals surface area contributed by atoms with Crippen molar-refractivity contribution in [1.29, 1.82) is 0 Å². The number of carbonyl (C=O) groups is 1. The largest absolute Gasteiger partial charge is 0.345 e. The number of hydrogen-bond donors (Lipinski definition) is 1. The van der Waals surface area contributed by atoms with Crippen LogP contribution in [0.4, 0.5) is 5.69 Å². The van der Waals surface area contributed by atoms with Crippen molar-refractivity contribution in [3.8, 4) is 0 Å². The fraction of sp³-hybridized carbons (Fsp3) is 0.188. The molecule has 23 heavy (non-hydrogen) atoms. The van der Waals surface area contributed by atoms with E-state index in [-0.39, 0.29) is 22.1 Å². The SMILES string of the molecule is Cc1ccc(S(=O)(=O)Nc2ccccc2C(=O)N(C)C)cc1Cl. The van der Waals surface area contributed by atoms with Gasteiger partial charge in [-0.05, 0) is 36.8 Å². The lowest BCUT2D eigenvalue weighted by Crippen LogP contribution is -2.24. The third-order valence-corrected chi connectivity index (χ3v) is 5.03. The van der Waals surface area contributed by atoms with E-state index >= 15 is 0 Å². The van der Waals surface area contributed by atoms with Gasteiger partial charge in [-0.15, -0.1) is 0 Å². The van der Waals surface area contributed by atoms with Gasteiger partial charge < -0.3 is 4.90 Å². The molecule has 0 saturated heterocycles. The summed E-state index contributed by atoms with van der Waals surface area (Å²) < 4.78 is 27.5. The third-order valence-electron chi connectivity index (χ3n) is 3.26. The van der Waals surface area contributed by atoms with Gasteiger partial charge >= 0.3 is 0 Å². The van der Waals surface area contributed by atoms with Crippen molar-refractivity contribution in [2.75, 3.05) is 18.8 Å². The lowest BCUT2D eigenvalue weighted by atomic mass is 10.1. The highest BCUT2D eigenvalue weighted by Crippen LogP contribution is 2.24. The molecule has 0 radical (unpaired) electrons. The molecule has 7 heteroatoms. The lowest BCUT2D eigenvalue weighted by Gasteiger charge is -2.15. The number of halogens is 1. The van der Waals surface area contributed by atoms with Crippen LogP contribution < -0.4 is 4.72 Å². The number of amides is 1. The fourth-order valence-corrected chi connectivity index (χ4v) is 3.29. The fourth-order valence-electron chi connectivity index (χ4n) is 1.94. The number of nitrogens with one attached hydrogen (secondary N) is 1. The van der Waals surface area contributed by atoms with Crippen LogP contribution in [-0.4, -0.2) is 33.3 Å². The summed E-state index contributed by atoms with van der Waals surface area (Å²) in [7, 11) is -0.630. The standard InChI is InChI=1S/C16H17ClN2O3S/c1-11-8-9-12(10-14(11)17)23(21,22)18-15-7-5-4-6-13(15)16(20)19(2)3/h4-10,18H,1-3H3. The maximum atomic E-state index is 12.5. The number of hydrogen-bond acceptors (Lipinski definition) is 3. The second-order valence-electron chi connectivity index (χ2n) is 5.26. The minimum absolute atomic E-state index is 0.0419. The van der Waals surface area contributed by atoms with Crippen LogP contribution in [0.1, 0.15) is 15.9 Å². The monoisotopic (exact) mass is 352 g/mol. The minimum Gasteiger partial charge on any atom is -0.345 e. The molecule has 0 aliphatic rings. The van der Waals surface area contributed by atoms with Crippen molar-refractivity contribution in [1.82, 2.24) is 4.90 Å². The summed E-state index contributed by atoms with van der Waals surface area (Å²) in [6, 6.07) is 10.9. The molecule has 0 bridgehead atoms. The van der Waals surface area contributed by atoms with Crippen molar-refractivity contribution in [2.45, 2.75) is 11.8 Å². The molecule has 2 aromatic carbocycles. The zero-order valence-electron chi connectivity index (χ0n) is 13.0. The number of rotatable bonds is 4. The highest BCUT2D eigenvalue weighted by molar-refractivity contribution is 7.92. The van der Waals surface area contributed by atoms with E-state index < -0.39 is 10.0 Å². The van der Waals surface area contributed by atoms with Crippen molar-refractivity contribution >= 4 is 33.2 Å². The van der Waals surface area contributed by atoms with Gasteiger partial charge in [0.2, 0.25) is 0 Å². The van der Waals surface area contributed by atoms with Crippen molar-refractivity contribution < 1.29 is 13.2 Å². The molecule has 0 saturated carbocycles. The average Bonchev–Trinajstić information content (AvgIpc) is 2.49. The second-order valence-corrected chi connectivity index (χ2v) is 7.35. The number of carbonyl (C=O) groups excluding carboxylic acids is 1. The van der Waals surface area contributed by atoms with Gasteiger partial charge in [-0.25, -0.2) is 8.42 Å². The molecule has 2 aromatic rings. The first-order valence-electron chi connectivity index (χ1n) is 6.82. The molecule has 1 amide bonds. The maximum Gasteiger partial charge on any atom is 0.261 e. The normalized spacial score (nSPS) is 11.1. The van der Waals surface area contributed by atoms with E-state index in [1.54, 1.807) is 51.4 Å². The number of para-hydroxylation sites is 1. The van der Waals surface area contributed by atoms with E-state index in [1.165, 1.54) is 17.0 Å². The van der Waals surface area contributed by atoms with Gasteiger partial charge in [-0.2, -0.15) is 0 Å². The van der Waals surface area contributed by atoms with Crippen LogP contribution in [0.2, 0.25) is 5.02 Å². The lowest BCUT2D eigenvalue weighted by molar-refractivity contribution is 0.0828. The van der Waals surface area contributed by atoms with Gasteiger partial charge in [0.1, 0.15) is 0 Å². The van der Waals surface area contributed by atoms with Gasteiger partial charge in [0.15, 0.2) is 0 Å². The Balaban J connectivity index is 2.42. The molecular weight excluding hydrogens is 336 g/mol. The highest BCUT2D eigenvalue weighted by atomic mass is 35.5. The molecule has 0 fully saturated rings. The third kappa shape index (κ3) is 3.83. The van der Waals surface area contributed by atoms with Crippen LogP contribution in [0.25, 0.3) is 0 Å². The quantitative estimate of drug-likeness (QED) is 0.919. The van der Waals surface area contributed by atoms with Crippen LogP contribution in [0.5, 0.6) is 0 Å². The molecule has 0 heterocycles. The average molecular weight is 353 g/mol. The predicted octanol–water partition coefficient (Wildman–Crippen LogP) is 3.15. The van der Waals surface area contributed by atoms with E-state index in [2.05, 4.69) is 4.72 Å². The van der Waals surface area contributed by atoms with Gasteiger partial charge in [0.05, 0.1) is 16.1 Å². The van der Waals surface area contributed by atoms with Gasteiger partial charge in [0, 0.05) is 19.1 Å². The number of benzene rings is 2. The summed E-state index contributed by atoms with van der Waals surface area (Å²) in [6.07, 6.45) is 0. The summed E-state index contributed by atoms with van der Waals surface area (Å²) in [5.41, 5.74) is 1.29. The second kappa shape index (κ2) is 6.60. The molecule has 0 aromatic heterocycles. The van der Waals surface area contributed by atoms with Crippen LogP contribution in [0.15, 0.2) is 47.4 Å². The van der Waals surface area contributed by atoms with Gasteiger partial charge in [0.25, 0.3) is 15.9 Å². The Hall–Kier alpha value is -2.05. The van der Waals surface area contributed by atoms with Crippen LogP contribution >= 0.6 is 11.6 Å².